The summed E-state index contributed by atoms with van der Waals surface area (Å²) in [5.41, 5.74) is 0. The highest BCUT2D eigenvalue weighted by Crippen LogP contribution is 2.16. The molecule has 0 saturated heterocycles. The Hall–Kier alpha value is -1.41. The summed E-state index contributed by atoms with van der Waals surface area (Å²) in [6.07, 6.45) is 1.82. The molecule has 1 N–H and O–H groups in total. The Kier molecular flexibility index (Phi) is 4.54. The lowest BCUT2D eigenvalue weighted by atomic mass is 10.5. The van der Waals surface area contributed by atoms with E-state index in [1.54, 1.807) is 23.3 Å². The predicted molar refractivity (Wildman–Crippen MR) is 75.2 cm³/mol. The first-order chi connectivity index (χ1) is 9.04. The fourth-order valence-corrected chi connectivity index (χ4v) is 3.06. The first kappa shape index (κ1) is 14.0. The lowest BCUT2D eigenvalue weighted by Crippen LogP contribution is -2.27. The Labute approximate surface area is 119 Å². The number of aryl methyl sites for hydroxylation is 2. The number of thiazole rings is 1. The minimum absolute atomic E-state index is 0.0542. The Morgan fingerprint density at radius 2 is 2.32 bits per heavy atom. The number of carbonyl (C=O) groups is 1. The van der Waals surface area contributed by atoms with Crippen LogP contribution in [0.5, 0.6) is 0 Å². The molecule has 2 rings (SSSR count). The topological polar surface area (TPSA) is 74.8 Å². The second-order valence-corrected chi connectivity index (χ2v) is 6.35. The molecule has 0 aliphatic carbocycles. The number of hydrogen-bond donors (Lipinski definition) is 1. The van der Waals surface area contributed by atoms with E-state index in [2.05, 4.69) is 20.2 Å². The van der Waals surface area contributed by atoms with E-state index in [1.165, 1.54) is 11.8 Å². The maximum absolute atomic E-state index is 12.0. The Morgan fingerprint density at radius 1 is 1.53 bits per heavy atom. The predicted octanol–water partition coefficient (Wildman–Crippen LogP) is 1.63. The van der Waals surface area contributed by atoms with Gasteiger partial charge in [0.05, 0.1) is 17.3 Å². The summed E-state index contributed by atoms with van der Waals surface area (Å²) in [5.74, 6) is 1.15. The molecule has 2 heterocycles. The zero-order chi connectivity index (χ0) is 13.8. The highest BCUT2D eigenvalue weighted by atomic mass is 32.2. The quantitative estimate of drug-likeness (QED) is 0.849. The molecular weight excluding hydrogens is 282 g/mol. The molecule has 0 unspecified atom stereocenters. The molecule has 1 amide bonds. The molecule has 0 bridgehead atoms. The number of nitrogens with one attached hydrogen (secondary N) is 1. The third kappa shape index (κ3) is 4.03. The van der Waals surface area contributed by atoms with Gasteiger partial charge in [0.25, 0.3) is 0 Å². The lowest BCUT2D eigenvalue weighted by Gasteiger charge is -2.15. The van der Waals surface area contributed by atoms with Crippen LogP contribution in [-0.2, 0) is 11.3 Å². The van der Waals surface area contributed by atoms with Gasteiger partial charge in [-0.15, -0.1) is 16.4 Å². The van der Waals surface area contributed by atoms with Crippen molar-refractivity contribution in [1.29, 1.82) is 0 Å². The largest absolute Gasteiger partial charge is 0.340 e. The Morgan fingerprint density at radius 3 is 2.89 bits per heavy atom. The van der Waals surface area contributed by atoms with Crippen molar-refractivity contribution < 1.29 is 4.79 Å². The van der Waals surface area contributed by atoms with Gasteiger partial charge in [0, 0.05) is 18.1 Å². The van der Waals surface area contributed by atoms with Crippen LogP contribution in [0.1, 0.15) is 15.7 Å². The summed E-state index contributed by atoms with van der Waals surface area (Å²) < 4.78 is 0. The molecule has 2 aromatic rings. The molecule has 0 aromatic carbocycles. The molecule has 0 radical (unpaired) electrons. The maximum Gasteiger partial charge on any atom is 0.233 e. The second-order valence-electron chi connectivity index (χ2n) is 4.09. The number of amides is 1. The molecule has 19 heavy (non-hydrogen) atoms. The molecule has 0 atom stereocenters. The average Bonchev–Trinajstić information content (AvgIpc) is 2.95. The van der Waals surface area contributed by atoms with Gasteiger partial charge < -0.3 is 4.90 Å². The number of rotatable bonds is 5. The zero-order valence-electron chi connectivity index (χ0n) is 11.0. The van der Waals surface area contributed by atoms with Crippen LogP contribution in [0.4, 0.5) is 0 Å². The lowest BCUT2D eigenvalue weighted by molar-refractivity contribution is -0.127. The number of H-pyrrole nitrogens is 1. The minimum atomic E-state index is 0.0542. The van der Waals surface area contributed by atoms with E-state index >= 15 is 0 Å². The molecule has 0 spiro atoms. The molecule has 8 heteroatoms. The molecule has 102 valence electrons. The van der Waals surface area contributed by atoms with Crippen LogP contribution in [0.25, 0.3) is 0 Å². The number of aromatic nitrogens is 4. The van der Waals surface area contributed by atoms with Gasteiger partial charge in [-0.1, -0.05) is 11.8 Å². The van der Waals surface area contributed by atoms with Gasteiger partial charge in [-0.05, 0) is 13.8 Å². The monoisotopic (exact) mass is 297 g/mol. The molecule has 0 saturated carbocycles. The van der Waals surface area contributed by atoms with Crippen LogP contribution < -0.4 is 0 Å². The number of carbonyl (C=O) groups excluding carboxylic acids is 1. The van der Waals surface area contributed by atoms with Crippen molar-refractivity contribution in [3.63, 3.8) is 0 Å². The van der Waals surface area contributed by atoms with Gasteiger partial charge in [0.1, 0.15) is 5.82 Å². The van der Waals surface area contributed by atoms with Gasteiger partial charge in [0.15, 0.2) is 0 Å². The standard InChI is InChI=1S/C11H15N5OS2/c1-7-13-11(15-14-7)18-6-10(17)16(3)5-9-4-12-8(2)19-9/h4H,5-6H2,1-3H3,(H,13,14,15). The summed E-state index contributed by atoms with van der Waals surface area (Å²) in [7, 11) is 1.79. The zero-order valence-corrected chi connectivity index (χ0v) is 12.6. The summed E-state index contributed by atoms with van der Waals surface area (Å²) in [6.45, 7) is 4.38. The van der Waals surface area contributed by atoms with Crippen LogP contribution in [0, 0.1) is 13.8 Å². The molecular formula is C11H15N5OS2. The number of thioether (sulfide) groups is 1. The van der Waals surface area contributed by atoms with Crippen molar-refractivity contribution >= 4 is 29.0 Å². The van der Waals surface area contributed by atoms with Crippen LogP contribution in [0.3, 0.4) is 0 Å². The van der Waals surface area contributed by atoms with Gasteiger partial charge in [-0.2, -0.15) is 0 Å². The van der Waals surface area contributed by atoms with Crippen molar-refractivity contribution in [1.82, 2.24) is 25.1 Å². The van der Waals surface area contributed by atoms with E-state index in [1.807, 2.05) is 20.0 Å². The van der Waals surface area contributed by atoms with Gasteiger partial charge in [-0.3, -0.25) is 9.89 Å². The van der Waals surface area contributed by atoms with Crippen molar-refractivity contribution in [3.8, 4) is 0 Å². The number of aromatic amines is 1. The third-order valence-electron chi connectivity index (χ3n) is 2.39. The van der Waals surface area contributed by atoms with E-state index in [9.17, 15) is 4.79 Å². The van der Waals surface area contributed by atoms with Crippen LogP contribution in [-0.4, -0.2) is 43.8 Å². The van der Waals surface area contributed by atoms with Crippen LogP contribution in [0.2, 0.25) is 0 Å². The van der Waals surface area contributed by atoms with Gasteiger partial charge in [-0.25, -0.2) is 9.97 Å². The molecule has 0 aliphatic rings. The van der Waals surface area contributed by atoms with Gasteiger partial charge >= 0.3 is 0 Å². The number of nitrogens with zero attached hydrogens (tertiary/aromatic N) is 4. The van der Waals surface area contributed by atoms with E-state index in [-0.39, 0.29) is 5.91 Å². The van der Waals surface area contributed by atoms with E-state index < -0.39 is 0 Å². The van der Waals surface area contributed by atoms with Gasteiger partial charge in [0.2, 0.25) is 11.1 Å². The fourth-order valence-electron chi connectivity index (χ4n) is 1.42. The molecule has 0 fully saturated rings. The normalized spacial score (nSPS) is 10.7. The minimum Gasteiger partial charge on any atom is -0.340 e. The van der Waals surface area contributed by atoms with Crippen molar-refractivity contribution in [2.75, 3.05) is 12.8 Å². The molecule has 6 nitrogen and oxygen atoms in total. The molecule has 2 aromatic heterocycles. The Bertz CT molecular complexity index is 565. The SMILES string of the molecule is Cc1nc(SCC(=O)N(C)Cc2cnc(C)s2)n[nH]1. The van der Waals surface area contributed by atoms with E-state index in [0.717, 1.165) is 15.7 Å². The highest BCUT2D eigenvalue weighted by molar-refractivity contribution is 7.99. The summed E-state index contributed by atoms with van der Waals surface area (Å²) >= 11 is 2.95. The molecule has 0 aliphatic heterocycles. The smallest absolute Gasteiger partial charge is 0.233 e. The fraction of sp³-hybridized carbons (Fsp3) is 0.455. The highest BCUT2D eigenvalue weighted by Gasteiger charge is 2.12. The summed E-state index contributed by atoms with van der Waals surface area (Å²) in [4.78, 5) is 23.1. The van der Waals surface area contributed by atoms with Crippen LogP contribution >= 0.6 is 23.1 Å². The van der Waals surface area contributed by atoms with Crippen LogP contribution in [0.15, 0.2) is 11.4 Å². The third-order valence-corrected chi connectivity index (χ3v) is 4.12. The van der Waals surface area contributed by atoms with Crippen molar-refractivity contribution in [2.45, 2.75) is 25.5 Å². The maximum atomic E-state index is 12.0. The van der Waals surface area contributed by atoms with E-state index in [4.69, 9.17) is 0 Å². The second kappa shape index (κ2) is 6.16. The Balaban J connectivity index is 1.82. The first-order valence-corrected chi connectivity index (χ1v) is 7.52. The van der Waals surface area contributed by atoms with E-state index in [0.29, 0.717) is 17.5 Å². The summed E-state index contributed by atoms with van der Waals surface area (Å²) in [6, 6.07) is 0. The summed E-state index contributed by atoms with van der Waals surface area (Å²) in [5, 5.41) is 8.35. The first-order valence-electron chi connectivity index (χ1n) is 5.71. The van der Waals surface area contributed by atoms with Crippen molar-refractivity contribution in [3.05, 3.63) is 21.9 Å². The van der Waals surface area contributed by atoms with Crippen molar-refractivity contribution in [2.24, 2.45) is 0 Å². The average molecular weight is 297 g/mol. The number of hydrogen-bond acceptors (Lipinski definition) is 6.